The second-order valence-electron chi connectivity index (χ2n) is 4.15. The maximum absolute atomic E-state index is 11.7. The molecule has 1 fully saturated rings. The summed E-state index contributed by atoms with van der Waals surface area (Å²) in [6.07, 6.45) is -0.899. The van der Waals surface area contributed by atoms with Gasteiger partial charge in [-0.15, -0.1) is 0 Å². The van der Waals surface area contributed by atoms with Crippen molar-refractivity contribution in [2.75, 3.05) is 18.9 Å². The molecule has 100 valence electrons. The zero-order chi connectivity index (χ0) is 13.3. The Morgan fingerprint density at radius 1 is 1.50 bits per heavy atom. The third-order valence-electron chi connectivity index (χ3n) is 3.05. The first-order valence-corrected chi connectivity index (χ1v) is 5.57. The van der Waals surface area contributed by atoms with E-state index in [-0.39, 0.29) is 19.0 Å². The van der Waals surface area contributed by atoms with Crippen LogP contribution in [0.2, 0.25) is 0 Å². The first kappa shape index (κ1) is 13.0. The SMILES string of the molecule is NC[C@@H]1O[C@@H](CO)[C@H](O)[C@H]1n1ccc(N)nc1=O. The lowest BCUT2D eigenvalue weighted by molar-refractivity contribution is -0.0193. The largest absolute Gasteiger partial charge is 0.394 e. The van der Waals surface area contributed by atoms with Gasteiger partial charge in [-0.05, 0) is 6.07 Å². The smallest absolute Gasteiger partial charge is 0.349 e. The molecule has 0 radical (unpaired) electrons. The summed E-state index contributed by atoms with van der Waals surface area (Å²) in [5.41, 5.74) is 10.4. The molecular formula is C10H16N4O4. The van der Waals surface area contributed by atoms with Crippen molar-refractivity contribution < 1.29 is 14.9 Å². The van der Waals surface area contributed by atoms with Crippen molar-refractivity contribution in [2.24, 2.45) is 5.73 Å². The van der Waals surface area contributed by atoms with E-state index >= 15 is 0 Å². The van der Waals surface area contributed by atoms with Crippen LogP contribution in [0.5, 0.6) is 0 Å². The van der Waals surface area contributed by atoms with Gasteiger partial charge in [-0.1, -0.05) is 0 Å². The van der Waals surface area contributed by atoms with Crippen LogP contribution in [-0.2, 0) is 4.74 Å². The summed E-state index contributed by atoms with van der Waals surface area (Å²) in [7, 11) is 0. The van der Waals surface area contributed by atoms with Gasteiger partial charge in [0, 0.05) is 12.7 Å². The fourth-order valence-electron chi connectivity index (χ4n) is 2.17. The predicted molar refractivity (Wildman–Crippen MR) is 62.8 cm³/mol. The van der Waals surface area contributed by atoms with Crippen LogP contribution < -0.4 is 17.2 Å². The highest BCUT2D eigenvalue weighted by Gasteiger charge is 2.44. The molecule has 8 nitrogen and oxygen atoms in total. The van der Waals surface area contributed by atoms with Crippen molar-refractivity contribution in [3.63, 3.8) is 0 Å². The van der Waals surface area contributed by atoms with Gasteiger partial charge >= 0.3 is 5.69 Å². The number of nitrogen functional groups attached to an aromatic ring is 1. The molecular weight excluding hydrogens is 240 g/mol. The van der Waals surface area contributed by atoms with Crippen LogP contribution in [0.15, 0.2) is 17.1 Å². The highest BCUT2D eigenvalue weighted by molar-refractivity contribution is 5.24. The topological polar surface area (TPSA) is 137 Å². The van der Waals surface area contributed by atoms with Gasteiger partial charge in [0.05, 0.1) is 18.8 Å². The summed E-state index contributed by atoms with van der Waals surface area (Å²) in [6, 6.07) is 0.779. The van der Waals surface area contributed by atoms with E-state index in [2.05, 4.69) is 4.98 Å². The molecule has 8 heteroatoms. The summed E-state index contributed by atoms with van der Waals surface area (Å²) in [5.74, 6) is 0.104. The van der Waals surface area contributed by atoms with Crippen molar-refractivity contribution in [3.8, 4) is 0 Å². The molecule has 0 aliphatic carbocycles. The lowest BCUT2D eigenvalue weighted by Crippen LogP contribution is -2.40. The number of aromatic nitrogens is 2. The zero-order valence-electron chi connectivity index (χ0n) is 9.64. The van der Waals surface area contributed by atoms with Gasteiger partial charge in [0.25, 0.3) is 0 Å². The van der Waals surface area contributed by atoms with Gasteiger partial charge in [0.15, 0.2) is 0 Å². The third-order valence-corrected chi connectivity index (χ3v) is 3.05. The number of aliphatic hydroxyl groups excluding tert-OH is 2. The summed E-state index contributed by atoms with van der Waals surface area (Å²) >= 11 is 0. The van der Waals surface area contributed by atoms with Crippen molar-refractivity contribution in [1.29, 1.82) is 0 Å². The standard InChI is InChI=1S/C10H16N4O4/c11-3-5-8(9(16)6(4-15)18-5)14-2-1-7(12)13-10(14)17/h1-2,5-6,8-9,15-16H,3-4,11H2,(H2,12,13,17)/t5-,6-,8-,9-/m0/s1. The number of aliphatic hydroxyl groups is 2. The van der Waals surface area contributed by atoms with E-state index in [1.54, 1.807) is 0 Å². The minimum absolute atomic E-state index is 0.104. The molecule has 4 atom stereocenters. The molecule has 1 aromatic rings. The second-order valence-corrected chi connectivity index (χ2v) is 4.15. The van der Waals surface area contributed by atoms with Crippen molar-refractivity contribution in [1.82, 2.24) is 9.55 Å². The Bertz CT molecular complexity index is 475. The van der Waals surface area contributed by atoms with Crippen LogP contribution in [0.4, 0.5) is 5.82 Å². The van der Waals surface area contributed by atoms with E-state index in [0.29, 0.717) is 0 Å². The van der Waals surface area contributed by atoms with E-state index in [1.807, 2.05) is 0 Å². The highest BCUT2D eigenvalue weighted by Crippen LogP contribution is 2.29. The number of hydrogen-bond acceptors (Lipinski definition) is 7. The van der Waals surface area contributed by atoms with Crippen LogP contribution in [0.3, 0.4) is 0 Å². The Morgan fingerprint density at radius 3 is 2.78 bits per heavy atom. The second kappa shape index (κ2) is 5.02. The van der Waals surface area contributed by atoms with Crippen LogP contribution >= 0.6 is 0 Å². The summed E-state index contributed by atoms with van der Waals surface area (Å²) in [6.45, 7) is -0.222. The molecule has 6 N–H and O–H groups in total. The highest BCUT2D eigenvalue weighted by atomic mass is 16.5. The number of nitrogens with two attached hydrogens (primary N) is 2. The molecule has 18 heavy (non-hydrogen) atoms. The Morgan fingerprint density at radius 2 is 2.22 bits per heavy atom. The molecule has 0 aromatic carbocycles. The molecule has 2 rings (SSSR count). The van der Waals surface area contributed by atoms with Crippen molar-refractivity contribution in [2.45, 2.75) is 24.4 Å². The van der Waals surface area contributed by atoms with Crippen LogP contribution in [0, 0.1) is 0 Å². The number of ether oxygens (including phenoxy) is 1. The van der Waals surface area contributed by atoms with E-state index < -0.39 is 30.0 Å². The van der Waals surface area contributed by atoms with E-state index in [9.17, 15) is 9.90 Å². The molecule has 2 heterocycles. The van der Waals surface area contributed by atoms with Crippen molar-refractivity contribution in [3.05, 3.63) is 22.7 Å². The zero-order valence-corrected chi connectivity index (χ0v) is 9.64. The lowest BCUT2D eigenvalue weighted by Gasteiger charge is -2.21. The molecule has 0 saturated carbocycles. The maximum atomic E-state index is 11.7. The average molecular weight is 256 g/mol. The molecule has 1 aromatic heterocycles. The number of hydrogen-bond donors (Lipinski definition) is 4. The van der Waals surface area contributed by atoms with Gasteiger partial charge < -0.3 is 26.4 Å². The molecule has 1 aliphatic heterocycles. The first-order valence-electron chi connectivity index (χ1n) is 5.57. The number of rotatable bonds is 3. The van der Waals surface area contributed by atoms with Gasteiger partial charge in [0.1, 0.15) is 18.0 Å². The number of anilines is 1. The van der Waals surface area contributed by atoms with Gasteiger partial charge in [0.2, 0.25) is 0 Å². The molecule has 0 spiro atoms. The monoisotopic (exact) mass is 256 g/mol. The lowest BCUT2D eigenvalue weighted by atomic mass is 10.0. The molecule has 0 amide bonds. The average Bonchev–Trinajstić information content (AvgIpc) is 2.66. The van der Waals surface area contributed by atoms with E-state index in [4.69, 9.17) is 21.3 Å². The van der Waals surface area contributed by atoms with Crippen molar-refractivity contribution >= 4 is 5.82 Å². The molecule has 1 aliphatic rings. The van der Waals surface area contributed by atoms with Crippen LogP contribution in [0.1, 0.15) is 6.04 Å². The van der Waals surface area contributed by atoms with E-state index in [0.717, 1.165) is 0 Å². The summed E-state index contributed by atoms with van der Waals surface area (Å²) in [4.78, 5) is 15.3. The third kappa shape index (κ3) is 2.10. The van der Waals surface area contributed by atoms with Crippen LogP contribution in [-0.4, -0.2) is 51.2 Å². The Kier molecular flexibility index (Phi) is 3.62. The molecule has 1 saturated heterocycles. The first-order chi connectivity index (χ1) is 8.58. The molecule has 0 unspecified atom stereocenters. The van der Waals surface area contributed by atoms with Gasteiger partial charge in [-0.2, -0.15) is 4.98 Å². The summed E-state index contributed by atoms with van der Waals surface area (Å²) in [5, 5.41) is 19.1. The fourth-order valence-corrected chi connectivity index (χ4v) is 2.17. The molecule has 0 bridgehead atoms. The van der Waals surface area contributed by atoms with E-state index in [1.165, 1.54) is 16.8 Å². The minimum Gasteiger partial charge on any atom is -0.394 e. The predicted octanol–water partition coefficient (Wildman–Crippen LogP) is -2.55. The maximum Gasteiger partial charge on any atom is 0.349 e. The Labute approximate surface area is 103 Å². The normalized spacial score (nSPS) is 31.7. The van der Waals surface area contributed by atoms with Crippen LogP contribution in [0.25, 0.3) is 0 Å². The Hall–Kier alpha value is -1.48. The van der Waals surface area contributed by atoms with Gasteiger partial charge in [-0.25, -0.2) is 4.79 Å². The number of nitrogens with zero attached hydrogens (tertiary/aromatic N) is 2. The Balaban J connectivity index is 2.38. The summed E-state index contributed by atoms with van der Waals surface area (Å²) < 4.78 is 6.61. The van der Waals surface area contributed by atoms with Gasteiger partial charge in [-0.3, -0.25) is 4.57 Å². The quantitative estimate of drug-likeness (QED) is 0.467. The minimum atomic E-state index is -1.02. The fraction of sp³-hybridized carbons (Fsp3) is 0.600.